The SMILES string of the molecule is CCN1CC(N)CCC1(C)C. The first-order chi connectivity index (χ1) is 5.06. The van der Waals surface area contributed by atoms with Gasteiger partial charge in [0.15, 0.2) is 0 Å². The summed E-state index contributed by atoms with van der Waals surface area (Å²) in [6, 6.07) is 0.406. The number of likely N-dealkylation sites (tertiary alicyclic amines) is 1. The molecule has 66 valence electrons. The van der Waals surface area contributed by atoms with Crippen LogP contribution in [0.4, 0.5) is 0 Å². The van der Waals surface area contributed by atoms with Crippen molar-refractivity contribution in [1.82, 2.24) is 4.90 Å². The average molecular weight is 156 g/mol. The molecule has 1 fully saturated rings. The molecule has 2 N–H and O–H groups in total. The van der Waals surface area contributed by atoms with Crippen LogP contribution in [0.3, 0.4) is 0 Å². The number of hydrogen-bond acceptors (Lipinski definition) is 2. The van der Waals surface area contributed by atoms with Gasteiger partial charge in [0.05, 0.1) is 0 Å². The Morgan fingerprint density at radius 1 is 1.55 bits per heavy atom. The maximum Gasteiger partial charge on any atom is 0.0168 e. The predicted octanol–water partition coefficient (Wildman–Crippen LogP) is 1.21. The Kier molecular flexibility index (Phi) is 2.55. The van der Waals surface area contributed by atoms with Gasteiger partial charge >= 0.3 is 0 Å². The molecule has 0 aliphatic carbocycles. The molecule has 0 bridgehead atoms. The van der Waals surface area contributed by atoms with Crippen LogP contribution in [0, 0.1) is 0 Å². The maximum atomic E-state index is 5.88. The van der Waals surface area contributed by atoms with Crippen molar-refractivity contribution in [3.05, 3.63) is 0 Å². The summed E-state index contributed by atoms with van der Waals surface area (Å²) >= 11 is 0. The van der Waals surface area contributed by atoms with E-state index in [-0.39, 0.29) is 0 Å². The van der Waals surface area contributed by atoms with Crippen molar-refractivity contribution in [2.45, 2.75) is 45.2 Å². The first-order valence-corrected chi connectivity index (χ1v) is 4.57. The van der Waals surface area contributed by atoms with E-state index in [9.17, 15) is 0 Å². The largest absolute Gasteiger partial charge is 0.327 e. The van der Waals surface area contributed by atoms with E-state index >= 15 is 0 Å². The zero-order valence-electron chi connectivity index (χ0n) is 7.93. The molecular weight excluding hydrogens is 136 g/mol. The zero-order valence-corrected chi connectivity index (χ0v) is 7.93. The summed E-state index contributed by atoms with van der Waals surface area (Å²) in [6.07, 6.45) is 2.42. The lowest BCUT2D eigenvalue weighted by Gasteiger charge is -2.44. The van der Waals surface area contributed by atoms with Gasteiger partial charge in [-0.25, -0.2) is 0 Å². The molecular formula is C9H20N2. The van der Waals surface area contributed by atoms with E-state index in [1.165, 1.54) is 12.8 Å². The fourth-order valence-electron chi connectivity index (χ4n) is 1.88. The summed E-state index contributed by atoms with van der Waals surface area (Å²) < 4.78 is 0. The summed E-state index contributed by atoms with van der Waals surface area (Å²) in [4.78, 5) is 2.47. The summed E-state index contributed by atoms with van der Waals surface area (Å²) in [5.74, 6) is 0. The molecule has 11 heavy (non-hydrogen) atoms. The van der Waals surface area contributed by atoms with Gasteiger partial charge in [-0.1, -0.05) is 6.92 Å². The average Bonchev–Trinajstić information content (AvgIpc) is 1.94. The van der Waals surface area contributed by atoms with Gasteiger partial charge in [-0.15, -0.1) is 0 Å². The van der Waals surface area contributed by atoms with Gasteiger partial charge in [0.1, 0.15) is 0 Å². The highest BCUT2D eigenvalue weighted by atomic mass is 15.2. The third-order valence-electron chi connectivity index (χ3n) is 2.82. The molecule has 1 rings (SSSR count). The van der Waals surface area contributed by atoms with E-state index in [0.29, 0.717) is 11.6 Å². The van der Waals surface area contributed by atoms with Gasteiger partial charge in [-0.05, 0) is 33.2 Å². The third-order valence-corrected chi connectivity index (χ3v) is 2.82. The normalized spacial score (nSPS) is 32.2. The number of likely N-dealkylation sites (N-methyl/N-ethyl adjacent to an activating group) is 1. The molecule has 1 saturated heterocycles. The van der Waals surface area contributed by atoms with Gasteiger partial charge in [-0.2, -0.15) is 0 Å². The quantitative estimate of drug-likeness (QED) is 0.618. The summed E-state index contributed by atoms with van der Waals surface area (Å²) in [5, 5.41) is 0. The lowest BCUT2D eigenvalue weighted by Crippen LogP contribution is -2.54. The Hall–Kier alpha value is -0.0800. The van der Waals surface area contributed by atoms with Crippen LogP contribution in [-0.2, 0) is 0 Å². The predicted molar refractivity (Wildman–Crippen MR) is 48.5 cm³/mol. The number of rotatable bonds is 1. The topological polar surface area (TPSA) is 29.3 Å². The smallest absolute Gasteiger partial charge is 0.0168 e. The summed E-state index contributed by atoms with van der Waals surface area (Å²) in [6.45, 7) is 9.02. The fourth-order valence-corrected chi connectivity index (χ4v) is 1.88. The monoisotopic (exact) mass is 156 g/mol. The van der Waals surface area contributed by atoms with Crippen molar-refractivity contribution in [2.75, 3.05) is 13.1 Å². The van der Waals surface area contributed by atoms with E-state index < -0.39 is 0 Å². The summed E-state index contributed by atoms with van der Waals surface area (Å²) in [5.41, 5.74) is 6.26. The van der Waals surface area contributed by atoms with Crippen LogP contribution < -0.4 is 5.73 Å². The zero-order chi connectivity index (χ0) is 8.48. The molecule has 1 atom stereocenters. The van der Waals surface area contributed by atoms with Gasteiger partial charge in [0.2, 0.25) is 0 Å². The van der Waals surface area contributed by atoms with Crippen LogP contribution in [0.15, 0.2) is 0 Å². The molecule has 0 amide bonds. The molecule has 2 heteroatoms. The molecule has 0 saturated carbocycles. The second-order valence-corrected chi connectivity index (χ2v) is 4.15. The van der Waals surface area contributed by atoms with Crippen LogP contribution in [0.2, 0.25) is 0 Å². The van der Waals surface area contributed by atoms with E-state index in [1.807, 2.05) is 0 Å². The van der Waals surface area contributed by atoms with E-state index in [1.54, 1.807) is 0 Å². The molecule has 1 aliphatic heterocycles. The Labute approximate surface area is 69.8 Å². The van der Waals surface area contributed by atoms with Crippen LogP contribution in [0.25, 0.3) is 0 Å². The first-order valence-electron chi connectivity index (χ1n) is 4.57. The molecule has 0 aromatic rings. The standard InChI is InChI=1S/C9H20N2/c1-4-11-7-8(10)5-6-9(11,2)3/h8H,4-7,10H2,1-3H3. The van der Waals surface area contributed by atoms with Crippen molar-refractivity contribution in [1.29, 1.82) is 0 Å². The van der Waals surface area contributed by atoms with E-state index in [2.05, 4.69) is 25.7 Å². The van der Waals surface area contributed by atoms with Crippen molar-refractivity contribution in [3.63, 3.8) is 0 Å². The lowest BCUT2D eigenvalue weighted by atomic mass is 9.88. The number of piperidine rings is 1. The third kappa shape index (κ3) is 1.94. The highest BCUT2D eigenvalue weighted by Gasteiger charge is 2.31. The summed E-state index contributed by atoms with van der Waals surface area (Å²) in [7, 11) is 0. The molecule has 1 heterocycles. The minimum atomic E-state index is 0.380. The number of hydrogen-bond donors (Lipinski definition) is 1. The van der Waals surface area contributed by atoms with Crippen LogP contribution in [-0.4, -0.2) is 29.6 Å². The highest BCUT2D eigenvalue weighted by molar-refractivity contribution is 4.89. The Bertz CT molecular complexity index is 132. The number of nitrogens with zero attached hydrogens (tertiary/aromatic N) is 1. The highest BCUT2D eigenvalue weighted by Crippen LogP contribution is 2.25. The molecule has 0 aromatic carbocycles. The Balaban J connectivity index is 2.56. The fraction of sp³-hybridized carbons (Fsp3) is 1.00. The van der Waals surface area contributed by atoms with Crippen molar-refractivity contribution < 1.29 is 0 Å². The Morgan fingerprint density at radius 3 is 2.64 bits per heavy atom. The van der Waals surface area contributed by atoms with Crippen LogP contribution >= 0.6 is 0 Å². The first kappa shape index (κ1) is 9.01. The minimum absolute atomic E-state index is 0.380. The second kappa shape index (κ2) is 3.11. The minimum Gasteiger partial charge on any atom is -0.327 e. The van der Waals surface area contributed by atoms with E-state index in [4.69, 9.17) is 5.73 Å². The maximum absolute atomic E-state index is 5.88. The van der Waals surface area contributed by atoms with E-state index in [0.717, 1.165) is 13.1 Å². The van der Waals surface area contributed by atoms with Gasteiger partial charge in [0, 0.05) is 18.1 Å². The van der Waals surface area contributed by atoms with Crippen molar-refractivity contribution in [3.8, 4) is 0 Å². The van der Waals surface area contributed by atoms with Gasteiger partial charge in [0.25, 0.3) is 0 Å². The Morgan fingerprint density at radius 2 is 2.18 bits per heavy atom. The molecule has 0 radical (unpaired) electrons. The molecule has 2 nitrogen and oxygen atoms in total. The van der Waals surface area contributed by atoms with Crippen LogP contribution in [0.1, 0.15) is 33.6 Å². The number of nitrogens with two attached hydrogens (primary N) is 1. The van der Waals surface area contributed by atoms with Gasteiger partial charge < -0.3 is 5.73 Å². The molecule has 0 spiro atoms. The molecule has 0 aromatic heterocycles. The van der Waals surface area contributed by atoms with Crippen LogP contribution in [0.5, 0.6) is 0 Å². The van der Waals surface area contributed by atoms with Gasteiger partial charge in [-0.3, -0.25) is 4.90 Å². The van der Waals surface area contributed by atoms with Crippen molar-refractivity contribution in [2.24, 2.45) is 5.73 Å². The van der Waals surface area contributed by atoms with Crippen molar-refractivity contribution >= 4 is 0 Å². The second-order valence-electron chi connectivity index (χ2n) is 4.15. The molecule has 1 aliphatic rings. The lowest BCUT2D eigenvalue weighted by molar-refractivity contribution is 0.0721. The molecule has 1 unspecified atom stereocenters.